The number of anilines is 1. The van der Waals surface area contributed by atoms with Crippen molar-refractivity contribution in [3.05, 3.63) is 35.6 Å². The van der Waals surface area contributed by atoms with Crippen LogP contribution >= 0.6 is 0 Å². The number of aryl methyl sites for hydroxylation is 1. The third-order valence-corrected chi connectivity index (χ3v) is 2.93. The molecule has 0 saturated carbocycles. The summed E-state index contributed by atoms with van der Waals surface area (Å²) in [6.45, 7) is 2.53. The molecule has 0 aromatic carbocycles. The first-order valence-corrected chi connectivity index (χ1v) is 6.95. The minimum Gasteiger partial charge on any atom is -0.373 e. The molecule has 0 bridgehead atoms. The smallest absolute Gasteiger partial charge is 0.251 e. The molecule has 0 spiro atoms. The summed E-state index contributed by atoms with van der Waals surface area (Å²) in [6, 6.07) is 3.56. The van der Waals surface area contributed by atoms with Gasteiger partial charge in [-0.15, -0.1) is 0 Å². The number of hydrogen-bond acceptors (Lipinski definition) is 6. The van der Waals surface area contributed by atoms with Crippen molar-refractivity contribution in [1.82, 2.24) is 20.4 Å². The third kappa shape index (κ3) is 4.27. The van der Waals surface area contributed by atoms with Gasteiger partial charge in [0.2, 0.25) is 5.89 Å². The molecule has 0 radical (unpaired) electrons. The highest BCUT2D eigenvalue weighted by Gasteiger charge is 2.09. The Bertz CT molecular complexity index is 583. The van der Waals surface area contributed by atoms with Crippen molar-refractivity contribution in [2.75, 3.05) is 18.9 Å². The van der Waals surface area contributed by atoms with Gasteiger partial charge in [-0.25, -0.2) is 4.98 Å². The summed E-state index contributed by atoms with van der Waals surface area (Å²) < 4.78 is 4.88. The second kappa shape index (κ2) is 7.37. The fourth-order valence-corrected chi connectivity index (χ4v) is 1.92. The summed E-state index contributed by atoms with van der Waals surface area (Å²) in [5.41, 5.74) is 1.51. The van der Waals surface area contributed by atoms with Gasteiger partial charge < -0.3 is 15.2 Å². The standard InChI is InChI=1S/C14H19N5O2/c1-3-4-11-7-10(8-12(15-2)19-11)14(20)16-6-5-13-17-9-18-21-13/h7-9H,3-6H2,1-2H3,(H,15,19)(H,16,20). The molecule has 0 aliphatic carbocycles. The van der Waals surface area contributed by atoms with Gasteiger partial charge in [0.25, 0.3) is 5.91 Å². The van der Waals surface area contributed by atoms with E-state index in [1.54, 1.807) is 13.1 Å². The van der Waals surface area contributed by atoms with E-state index in [0.29, 0.717) is 30.2 Å². The van der Waals surface area contributed by atoms with Crippen LogP contribution in [0.3, 0.4) is 0 Å². The van der Waals surface area contributed by atoms with Crippen molar-refractivity contribution < 1.29 is 9.32 Å². The fourth-order valence-electron chi connectivity index (χ4n) is 1.92. The first-order chi connectivity index (χ1) is 10.2. The molecule has 7 heteroatoms. The molecular formula is C14H19N5O2. The van der Waals surface area contributed by atoms with Crippen LogP contribution in [0.1, 0.15) is 35.3 Å². The van der Waals surface area contributed by atoms with E-state index in [4.69, 9.17) is 4.52 Å². The van der Waals surface area contributed by atoms with Crippen LogP contribution in [0.5, 0.6) is 0 Å². The second-order valence-corrected chi connectivity index (χ2v) is 4.57. The zero-order valence-electron chi connectivity index (χ0n) is 12.2. The van der Waals surface area contributed by atoms with Crippen LogP contribution in [-0.2, 0) is 12.8 Å². The van der Waals surface area contributed by atoms with Crippen molar-refractivity contribution in [3.8, 4) is 0 Å². The Kier molecular flexibility index (Phi) is 5.25. The van der Waals surface area contributed by atoms with Gasteiger partial charge in [0.05, 0.1) is 0 Å². The van der Waals surface area contributed by atoms with E-state index < -0.39 is 0 Å². The van der Waals surface area contributed by atoms with Crippen LogP contribution in [0.4, 0.5) is 5.82 Å². The highest BCUT2D eigenvalue weighted by atomic mass is 16.5. The first-order valence-electron chi connectivity index (χ1n) is 6.95. The highest BCUT2D eigenvalue weighted by molar-refractivity contribution is 5.95. The van der Waals surface area contributed by atoms with E-state index >= 15 is 0 Å². The zero-order chi connectivity index (χ0) is 15.1. The summed E-state index contributed by atoms with van der Waals surface area (Å²) in [5, 5.41) is 9.33. The molecule has 21 heavy (non-hydrogen) atoms. The Hall–Kier alpha value is -2.44. The normalized spacial score (nSPS) is 10.4. The number of nitrogens with zero attached hydrogens (tertiary/aromatic N) is 3. The maximum Gasteiger partial charge on any atom is 0.251 e. The van der Waals surface area contributed by atoms with Crippen LogP contribution in [0.15, 0.2) is 23.0 Å². The van der Waals surface area contributed by atoms with Crippen LogP contribution in [0.2, 0.25) is 0 Å². The number of aromatic nitrogens is 3. The number of carbonyl (C=O) groups is 1. The minimum absolute atomic E-state index is 0.134. The molecule has 7 nitrogen and oxygen atoms in total. The van der Waals surface area contributed by atoms with Gasteiger partial charge in [-0.05, 0) is 18.6 Å². The predicted octanol–water partition coefficient (Wildman–Crippen LogP) is 1.43. The molecule has 112 valence electrons. The fraction of sp³-hybridized carbons (Fsp3) is 0.429. The first kappa shape index (κ1) is 15.0. The number of nitrogens with one attached hydrogen (secondary N) is 2. The largest absolute Gasteiger partial charge is 0.373 e. The lowest BCUT2D eigenvalue weighted by Crippen LogP contribution is -2.26. The molecule has 2 aromatic rings. The van der Waals surface area contributed by atoms with Crippen molar-refractivity contribution >= 4 is 11.7 Å². The van der Waals surface area contributed by atoms with Gasteiger partial charge >= 0.3 is 0 Å². The maximum atomic E-state index is 12.2. The van der Waals surface area contributed by atoms with Crippen LogP contribution in [0.25, 0.3) is 0 Å². The van der Waals surface area contributed by atoms with E-state index in [-0.39, 0.29) is 5.91 Å². The molecular weight excluding hydrogens is 270 g/mol. The minimum atomic E-state index is -0.134. The molecule has 2 heterocycles. The Balaban J connectivity index is 1.98. The molecule has 0 unspecified atom stereocenters. The van der Waals surface area contributed by atoms with E-state index in [9.17, 15) is 4.79 Å². The van der Waals surface area contributed by atoms with Crippen molar-refractivity contribution in [2.45, 2.75) is 26.2 Å². The molecule has 0 saturated heterocycles. The van der Waals surface area contributed by atoms with Crippen molar-refractivity contribution in [1.29, 1.82) is 0 Å². The lowest BCUT2D eigenvalue weighted by atomic mass is 10.1. The maximum absolute atomic E-state index is 12.2. The van der Waals surface area contributed by atoms with Gasteiger partial charge in [-0.2, -0.15) is 4.98 Å². The number of hydrogen-bond donors (Lipinski definition) is 2. The Labute approximate surface area is 123 Å². The summed E-state index contributed by atoms with van der Waals surface area (Å²) in [5.74, 6) is 1.07. The zero-order valence-corrected chi connectivity index (χ0v) is 12.2. The van der Waals surface area contributed by atoms with E-state index in [2.05, 4.69) is 32.7 Å². The van der Waals surface area contributed by atoms with Gasteiger partial charge in [0.1, 0.15) is 5.82 Å². The van der Waals surface area contributed by atoms with Gasteiger partial charge in [0, 0.05) is 31.3 Å². The van der Waals surface area contributed by atoms with Crippen molar-refractivity contribution in [2.24, 2.45) is 0 Å². The van der Waals surface area contributed by atoms with Crippen LogP contribution in [0, 0.1) is 0 Å². The Morgan fingerprint density at radius 2 is 2.19 bits per heavy atom. The third-order valence-electron chi connectivity index (χ3n) is 2.93. The summed E-state index contributed by atoms with van der Waals surface area (Å²) in [4.78, 5) is 20.5. The monoisotopic (exact) mass is 289 g/mol. The Morgan fingerprint density at radius 3 is 2.86 bits per heavy atom. The molecule has 2 N–H and O–H groups in total. The van der Waals surface area contributed by atoms with E-state index in [0.717, 1.165) is 18.5 Å². The number of amides is 1. The number of carbonyl (C=O) groups excluding carboxylic acids is 1. The lowest BCUT2D eigenvalue weighted by molar-refractivity contribution is 0.0953. The predicted molar refractivity (Wildman–Crippen MR) is 78.1 cm³/mol. The molecule has 0 aliphatic rings. The van der Waals surface area contributed by atoms with Gasteiger partial charge in [-0.3, -0.25) is 4.79 Å². The number of rotatable bonds is 7. The molecule has 0 aliphatic heterocycles. The average Bonchev–Trinajstić information content (AvgIpc) is 3.00. The summed E-state index contributed by atoms with van der Waals surface area (Å²) >= 11 is 0. The molecule has 2 rings (SSSR count). The quantitative estimate of drug-likeness (QED) is 0.801. The van der Waals surface area contributed by atoms with Crippen LogP contribution in [-0.4, -0.2) is 34.6 Å². The highest BCUT2D eigenvalue weighted by Crippen LogP contribution is 2.11. The van der Waals surface area contributed by atoms with Gasteiger partial charge in [0.15, 0.2) is 6.33 Å². The van der Waals surface area contributed by atoms with Crippen LogP contribution < -0.4 is 10.6 Å². The molecule has 2 aromatic heterocycles. The van der Waals surface area contributed by atoms with E-state index in [1.807, 2.05) is 6.07 Å². The average molecular weight is 289 g/mol. The molecule has 0 fully saturated rings. The number of pyridine rings is 1. The summed E-state index contributed by atoms with van der Waals surface area (Å²) in [6.07, 6.45) is 3.68. The molecule has 1 amide bonds. The second-order valence-electron chi connectivity index (χ2n) is 4.57. The molecule has 0 atom stereocenters. The lowest BCUT2D eigenvalue weighted by Gasteiger charge is -2.08. The topological polar surface area (TPSA) is 92.9 Å². The Morgan fingerprint density at radius 1 is 1.33 bits per heavy atom. The van der Waals surface area contributed by atoms with Gasteiger partial charge in [-0.1, -0.05) is 18.5 Å². The SMILES string of the molecule is CCCc1cc(C(=O)NCCc2ncno2)cc(NC)n1. The van der Waals surface area contributed by atoms with E-state index in [1.165, 1.54) is 6.33 Å². The van der Waals surface area contributed by atoms with Crippen molar-refractivity contribution in [3.63, 3.8) is 0 Å². The summed E-state index contributed by atoms with van der Waals surface area (Å²) in [7, 11) is 1.79.